The van der Waals surface area contributed by atoms with Crippen molar-refractivity contribution < 1.29 is 41.3 Å². The van der Waals surface area contributed by atoms with Gasteiger partial charge in [0, 0.05) is 19.6 Å². The molecule has 0 radical (unpaired) electrons. The number of aromatic nitrogens is 3. The number of alkyl halides is 3. The number of hydrogen-bond donors (Lipinski definition) is 2. The molecule has 0 spiro atoms. The fraction of sp³-hybridized carbons (Fsp3) is 0.368. The number of rotatable bonds is 6. The second-order valence-electron chi connectivity index (χ2n) is 7.52. The van der Waals surface area contributed by atoms with E-state index in [0.717, 1.165) is 28.6 Å². The van der Waals surface area contributed by atoms with E-state index in [-0.39, 0.29) is 30.4 Å². The van der Waals surface area contributed by atoms with E-state index < -0.39 is 40.3 Å². The van der Waals surface area contributed by atoms with Gasteiger partial charge in [-0.25, -0.2) is 18.4 Å². The van der Waals surface area contributed by atoms with Crippen molar-refractivity contribution in [3.05, 3.63) is 36.3 Å². The average Bonchev–Trinajstić information content (AvgIpc) is 3.21. The number of nitrogens with zero attached hydrogens (tertiary/aromatic N) is 5. The predicted octanol–water partition coefficient (Wildman–Crippen LogP) is 2.00. The Morgan fingerprint density at radius 3 is 2.51 bits per heavy atom. The summed E-state index contributed by atoms with van der Waals surface area (Å²) >= 11 is 1.19. The monoisotopic (exact) mass is 533 g/mol. The molecule has 1 aromatic carbocycles. The molecule has 2 atom stereocenters. The van der Waals surface area contributed by atoms with E-state index in [1.54, 1.807) is 4.90 Å². The molecule has 188 valence electrons. The van der Waals surface area contributed by atoms with Crippen LogP contribution in [0.4, 0.5) is 18.3 Å². The Morgan fingerprint density at radius 2 is 1.91 bits per heavy atom. The first kappa shape index (κ1) is 25.0. The highest BCUT2D eigenvalue weighted by Gasteiger charge is 2.41. The Balaban J connectivity index is 1.56. The zero-order chi connectivity index (χ0) is 25.5. The minimum atomic E-state index is -4.94. The van der Waals surface area contributed by atoms with Crippen LogP contribution in [0.3, 0.4) is 0 Å². The molecule has 1 aliphatic rings. The van der Waals surface area contributed by atoms with Crippen molar-refractivity contribution in [1.29, 1.82) is 0 Å². The molecule has 3 heterocycles. The van der Waals surface area contributed by atoms with E-state index in [4.69, 9.17) is 0 Å². The van der Waals surface area contributed by atoms with Crippen LogP contribution in [0.1, 0.15) is 18.9 Å². The van der Waals surface area contributed by atoms with E-state index in [9.17, 15) is 36.6 Å². The van der Waals surface area contributed by atoms with Gasteiger partial charge in [-0.3, -0.25) is 4.79 Å². The Morgan fingerprint density at radius 1 is 1.23 bits per heavy atom. The maximum atomic E-state index is 13.1. The molecule has 2 N–H and O–H groups in total. The molecule has 0 aliphatic carbocycles. The molecule has 2 aromatic heterocycles. The summed E-state index contributed by atoms with van der Waals surface area (Å²) < 4.78 is 68.5. The summed E-state index contributed by atoms with van der Waals surface area (Å²) in [6.45, 7) is 1.18. The molecule has 35 heavy (non-hydrogen) atoms. The Kier molecular flexibility index (Phi) is 6.56. The van der Waals surface area contributed by atoms with E-state index >= 15 is 0 Å². The highest BCUT2D eigenvalue weighted by atomic mass is 32.2. The lowest BCUT2D eigenvalue weighted by atomic mass is 10.2. The summed E-state index contributed by atoms with van der Waals surface area (Å²) in [6.07, 6.45) is -4.34. The number of aliphatic hydroxyl groups is 1. The number of aliphatic carboxylic acids is 1. The van der Waals surface area contributed by atoms with Crippen LogP contribution in [-0.2, 0) is 14.8 Å². The lowest BCUT2D eigenvalue weighted by molar-refractivity contribution is -0.274. The van der Waals surface area contributed by atoms with Crippen LogP contribution in [0.25, 0.3) is 10.3 Å². The molecular formula is C19H18F3N5O6S2. The quantitative estimate of drug-likeness (QED) is 0.482. The zero-order valence-corrected chi connectivity index (χ0v) is 19.5. The molecule has 4 rings (SSSR count). The Bertz CT molecular complexity index is 1350. The van der Waals surface area contributed by atoms with Gasteiger partial charge < -0.3 is 19.8 Å². The number of ether oxygens (including phenoxy) is 1. The van der Waals surface area contributed by atoms with Crippen LogP contribution in [0.5, 0.6) is 5.75 Å². The largest absolute Gasteiger partial charge is 0.573 e. The Hall–Kier alpha value is -3.08. The summed E-state index contributed by atoms with van der Waals surface area (Å²) in [5.41, 5.74) is 0.319. The lowest BCUT2D eigenvalue weighted by Crippen LogP contribution is -2.58. The van der Waals surface area contributed by atoms with E-state index in [0.29, 0.717) is 15.5 Å². The number of carboxylic acids is 1. The lowest BCUT2D eigenvalue weighted by Gasteiger charge is -2.38. The van der Waals surface area contributed by atoms with Gasteiger partial charge in [0.05, 0.1) is 15.8 Å². The first-order valence-corrected chi connectivity index (χ1v) is 12.3. The van der Waals surface area contributed by atoms with Gasteiger partial charge in [-0.15, -0.1) is 13.2 Å². The van der Waals surface area contributed by atoms with E-state index in [2.05, 4.69) is 19.7 Å². The topological polar surface area (TPSA) is 146 Å². The van der Waals surface area contributed by atoms with Crippen molar-refractivity contribution in [2.45, 2.75) is 30.3 Å². The van der Waals surface area contributed by atoms with Gasteiger partial charge in [-0.2, -0.15) is 9.29 Å². The van der Waals surface area contributed by atoms with Crippen molar-refractivity contribution in [3.63, 3.8) is 0 Å². The summed E-state index contributed by atoms with van der Waals surface area (Å²) in [6, 6.07) is 2.05. The third-order valence-electron chi connectivity index (χ3n) is 5.08. The van der Waals surface area contributed by atoms with Crippen LogP contribution >= 0.6 is 11.3 Å². The number of benzene rings is 1. The maximum Gasteiger partial charge on any atom is 0.573 e. The van der Waals surface area contributed by atoms with Gasteiger partial charge in [0.2, 0.25) is 10.0 Å². The first-order valence-electron chi connectivity index (χ1n) is 10.0. The summed E-state index contributed by atoms with van der Waals surface area (Å²) in [5, 5.41) is 19.8. The van der Waals surface area contributed by atoms with Crippen molar-refractivity contribution in [1.82, 2.24) is 19.3 Å². The number of halogens is 3. The average molecular weight is 534 g/mol. The van der Waals surface area contributed by atoms with Gasteiger partial charge >= 0.3 is 12.3 Å². The van der Waals surface area contributed by atoms with Crippen LogP contribution < -0.4 is 9.64 Å². The molecule has 16 heteroatoms. The molecule has 1 fully saturated rings. The number of carbonyl (C=O) groups is 1. The summed E-state index contributed by atoms with van der Waals surface area (Å²) in [4.78, 5) is 25.8. The summed E-state index contributed by atoms with van der Waals surface area (Å²) in [7, 11) is -4.34. The highest BCUT2D eigenvalue weighted by Crippen LogP contribution is 2.32. The van der Waals surface area contributed by atoms with Crippen LogP contribution in [0.15, 0.2) is 35.4 Å². The van der Waals surface area contributed by atoms with E-state index in [1.165, 1.54) is 24.5 Å². The maximum absolute atomic E-state index is 13.1. The molecule has 1 unspecified atom stereocenters. The number of fused-ring (bicyclic) bond motifs is 1. The van der Waals surface area contributed by atoms with Crippen LogP contribution in [0, 0.1) is 0 Å². The molecule has 1 aliphatic heterocycles. The van der Waals surface area contributed by atoms with Gasteiger partial charge in [-0.1, -0.05) is 11.3 Å². The number of piperazine rings is 1. The second kappa shape index (κ2) is 9.18. The third-order valence-corrected chi connectivity index (χ3v) is 8.04. The third kappa shape index (κ3) is 5.29. The van der Waals surface area contributed by atoms with Gasteiger partial charge in [0.15, 0.2) is 16.6 Å². The zero-order valence-electron chi connectivity index (χ0n) is 17.9. The predicted molar refractivity (Wildman–Crippen MR) is 116 cm³/mol. The number of aliphatic hydroxyl groups excluding tert-OH is 1. The number of anilines is 1. The highest BCUT2D eigenvalue weighted by molar-refractivity contribution is 7.89. The molecule has 0 saturated carbocycles. The number of sulfonamides is 1. The SMILES string of the molecule is C[C@@H](O)c1ncc2sc(N3CCN(S(=O)(=O)c4ccc(OC(F)(F)F)cc4)C(C(=O)O)C3)nc2n1. The standard InChI is InChI=1S/C19H18F3N5O6S2/c1-10(28)15-23-8-14-16(24-15)25-18(34-14)26-6-7-27(13(9-26)17(29)30)35(31,32)12-4-2-11(3-5-12)33-19(20,21)22/h2-5,8,10,13,28H,6-7,9H2,1H3,(H,29,30)/t10-,13?/m1/s1. The minimum absolute atomic E-state index is 0.106. The van der Waals surface area contributed by atoms with Gasteiger partial charge in [0.1, 0.15) is 17.9 Å². The molecule has 1 saturated heterocycles. The molecule has 0 amide bonds. The fourth-order valence-electron chi connectivity index (χ4n) is 3.45. The van der Waals surface area contributed by atoms with E-state index in [1.807, 2.05) is 0 Å². The molecule has 11 nitrogen and oxygen atoms in total. The van der Waals surface area contributed by atoms with Gasteiger partial charge in [-0.05, 0) is 31.2 Å². The molecule has 3 aromatic rings. The van der Waals surface area contributed by atoms with Crippen molar-refractivity contribution in [3.8, 4) is 5.75 Å². The first-order chi connectivity index (χ1) is 16.3. The number of hydrogen-bond acceptors (Lipinski definition) is 10. The number of carboxylic acid groups (broad SMARTS) is 1. The van der Waals surface area contributed by atoms with Crippen molar-refractivity contribution >= 4 is 42.8 Å². The molecular weight excluding hydrogens is 515 g/mol. The fourth-order valence-corrected chi connectivity index (χ4v) is 5.93. The van der Waals surface area contributed by atoms with Crippen molar-refractivity contribution in [2.75, 3.05) is 24.5 Å². The summed E-state index contributed by atoms with van der Waals surface area (Å²) in [5.74, 6) is -1.82. The van der Waals surface area contributed by atoms with Crippen molar-refractivity contribution in [2.24, 2.45) is 0 Å². The second-order valence-corrected chi connectivity index (χ2v) is 10.4. The normalized spacial score (nSPS) is 18.5. The molecule has 0 bridgehead atoms. The Labute approximate surface area is 200 Å². The van der Waals surface area contributed by atoms with Crippen LogP contribution in [0.2, 0.25) is 0 Å². The van der Waals surface area contributed by atoms with Gasteiger partial charge in [0.25, 0.3) is 0 Å². The van der Waals surface area contributed by atoms with Crippen LogP contribution in [-0.4, -0.2) is 75.9 Å². The smallest absolute Gasteiger partial charge is 0.480 e. The minimum Gasteiger partial charge on any atom is -0.480 e. The number of thiazole rings is 1.